The summed E-state index contributed by atoms with van der Waals surface area (Å²) in [5.74, 6) is 0. The second-order valence-electron chi connectivity index (χ2n) is 4.91. The number of hydrogen-bond acceptors (Lipinski definition) is 4. The molecule has 0 radical (unpaired) electrons. The van der Waals surface area contributed by atoms with Crippen molar-refractivity contribution < 1.29 is 24.8 Å². The summed E-state index contributed by atoms with van der Waals surface area (Å²) in [6, 6.07) is 23.2. The predicted molar refractivity (Wildman–Crippen MR) is 102 cm³/mol. The predicted octanol–water partition coefficient (Wildman–Crippen LogP) is 4.71. The van der Waals surface area contributed by atoms with Gasteiger partial charge in [0, 0.05) is 24.8 Å². The molecule has 4 aromatic heterocycles. The number of aromatic nitrogens is 4. The monoisotopic (exact) mass is 485 g/mol. The van der Waals surface area contributed by atoms with E-state index in [9.17, 15) is 0 Å². The Morgan fingerprint density at radius 2 is 0.741 bits per heavy atom. The van der Waals surface area contributed by atoms with E-state index in [1.807, 2.05) is 72.8 Å². The zero-order valence-corrected chi connectivity index (χ0v) is 17.5. The molecule has 0 saturated carbocycles. The average Bonchev–Trinajstić information content (AvgIpc) is 2.77. The molecule has 4 rings (SSSR count). The van der Waals surface area contributed by atoms with Crippen LogP contribution in [-0.2, 0) is 15.1 Å². The van der Waals surface area contributed by atoms with Crippen LogP contribution in [0.3, 0.4) is 0 Å². The molecule has 0 aromatic carbocycles. The van der Waals surface area contributed by atoms with Gasteiger partial charge in [-0.15, -0.1) is 0 Å². The van der Waals surface area contributed by atoms with Gasteiger partial charge < -0.3 is 0 Å². The third-order valence-electron chi connectivity index (χ3n) is 3.18. The van der Waals surface area contributed by atoms with Crippen LogP contribution in [0.25, 0.3) is 22.8 Å². The topological polar surface area (TPSA) is 51.6 Å². The minimum atomic E-state index is -0.234. The summed E-state index contributed by atoms with van der Waals surface area (Å²) in [7, 11) is 9.15. The van der Waals surface area contributed by atoms with E-state index in [-0.39, 0.29) is 15.1 Å². The smallest absolute Gasteiger partial charge is 0.0886 e. The molecule has 0 aliphatic heterocycles. The second-order valence-corrected chi connectivity index (χ2v) is 7.76. The van der Waals surface area contributed by atoms with Crippen molar-refractivity contribution in [3.05, 3.63) is 97.6 Å². The Hall–Kier alpha value is -2.20. The molecule has 0 atom stereocenters. The van der Waals surface area contributed by atoms with Gasteiger partial charge in [-0.25, -0.2) is 0 Å². The molecule has 27 heavy (non-hydrogen) atoms. The van der Waals surface area contributed by atoms with E-state index in [0.717, 1.165) is 22.8 Å². The average molecular weight is 485 g/mol. The van der Waals surface area contributed by atoms with E-state index in [0.29, 0.717) is 0 Å². The molecule has 4 heterocycles. The molecule has 0 amide bonds. The number of hydrogen-bond donors (Lipinski definition) is 0. The summed E-state index contributed by atoms with van der Waals surface area (Å²) in [6.07, 6.45) is 7.07. The summed E-state index contributed by atoms with van der Waals surface area (Å²) in [5.41, 5.74) is 3.66. The molecule has 0 aliphatic carbocycles. The summed E-state index contributed by atoms with van der Waals surface area (Å²) in [6.45, 7) is 0. The first-order chi connectivity index (χ1) is 13.3. The molecule has 7 heteroatoms. The van der Waals surface area contributed by atoms with Crippen molar-refractivity contribution in [2.24, 2.45) is 0 Å². The standard InChI is InChI=1S/2C10H8N2.2ClH.Ru/c2*1-3-7-11-9(5-1)10-6-2-4-8-12-10;;;/h2*1-8H;2*1H;/q;;;;+2/p-1. The van der Waals surface area contributed by atoms with Crippen LogP contribution in [0.1, 0.15) is 0 Å². The minimum absolute atomic E-state index is 0.234. The fourth-order valence-electron chi connectivity index (χ4n) is 2.06. The Labute approximate surface area is 174 Å². The van der Waals surface area contributed by atoms with Crippen LogP contribution in [0.2, 0.25) is 0 Å². The van der Waals surface area contributed by atoms with Gasteiger partial charge in [0.25, 0.3) is 0 Å². The molecule has 4 nitrogen and oxygen atoms in total. The van der Waals surface area contributed by atoms with Crippen LogP contribution in [0, 0.1) is 9.69 Å². The van der Waals surface area contributed by atoms with Gasteiger partial charge >= 0.3 is 34.5 Å². The van der Waals surface area contributed by atoms with Crippen molar-refractivity contribution in [2.75, 3.05) is 0 Å². The van der Waals surface area contributed by atoms with Gasteiger partial charge in [-0.3, -0.25) is 19.9 Å². The van der Waals surface area contributed by atoms with Crippen molar-refractivity contribution in [1.29, 1.82) is 0 Å². The summed E-state index contributed by atoms with van der Waals surface area (Å²) >= 11 is -0.234. The molecular weight excluding hydrogens is 468 g/mol. The van der Waals surface area contributed by atoms with Gasteiger partial charge in [-0.05, 0) is 48.5 Å². The van der Waals surface area contributed by atoms with Crippen LogP contribution in [0.5, 0.6) is 0 Å². The number of rotatable bonds is 2. The van der Waals surface area contributed by atoms with Gasteiger partial charge in [-0.1, -0.05) is 24.3 Å². The zero-order chi connectivity index (χ0) is 19.2. The van der Waals surface area contributed by atoms with Gasteiger partial charge in [0.05, 0.1) is 22.8 Å². The van der Waals surface area contributed by atoms with E-state index in [1.165, 1.54) is 0 Å². The van der Waals surface area contributed by atoms with Crippen molar-refractivity contribution >= 4 is 9.69 Å². The Balaban J connectivity index is 0.000000170. The maximum atomic E-state index is 4.90. The first-order valence-electron chi connectivity index (χ1n) is 7.86. The maximum Gasteiger partial charge on any atom is 0.0886 e. The number of halogens is 2. The molecule has 0 bridgehead atoms. The molecule has 4 aromatic rings. The molecule has 138 valence electrons. The van der Waals surface area contributed by atoms with Crippen molar-refractivity contribution in [3.63, 3.8) is 0 Å². The molecule has 0 unspecified atom stereocenters. The van der Waals surface area contributed by atoms with Crippen molar-refractivity contribution in [1.82, 2.24) is 19.9 Å². The zero-order valence-electron chi connectivity index (χ0n) is 14.2. The summed E-state index contributed by atoms with van der Waals surface area (Å²) in [5, 5.41) is 0. The first-order valence-corrected chi connectivity index (χ1v) is 12.5. The molecule has 0 fully saturated rings. The largest absolute Gasteiger partial charge is 0.255 e. The van der Waals surface area contributed by atoms with Crippen LogP contribution < -0.4 is 0 Å². The summed E-state index contributed by atoms with van der Waals surface area (Å²) in [4.78, 5) is 16.7. The SMILES string of the molecule is [Cl][Ru][ClH+].c1ccc(-c2ccccn2)nc1.c1ccc(-c2ccccn2)nc1. The van der Waals surface area contributed by atoms with Crippen molar-refractivity contribution in [2.45, 2.75) is 0 Å². The Bertz CT molecular complexity index is 717. The van der Waals surface area contributed by atoms with Gasteiger partial charge in [-0.2, -0.15) is 0 Å². The van der Waals surface area contributed by atoms with Crippen molar-refractivity contribution in [3.8, 4) is 22.8 Å². The molecule has 0 saturated heterocycles. The minimum Gasteiger partial charge on any atom is -0.255 e. The fourth-order valence-corrected chi connectivity index (χ4v) is 2.06. The Morgan fingerprint density at radius 1 is 0.519 bits per heavy atom. The van der Waals surface area contributed by atoms with E-state index in [2.05, 4.69) is 29.6 Å². The normalized spacial score (nSPS) is 9.41. The van der Waals surface area contributed by atoms with Gasteiger partial charge in [0.2, 0.25) is 0 Å². The van der Waals surface area contributed by atoms with E-state index >= 15 is 0 Å². The Kier molecular flexibility index (Phi) is 10.2. The van der Waals surface area contributed by atoms with E-state index in [1.54, 1.807) is 24.8 Å². The third-order valence-corrected chi connectivity index (χ3v) is 3.18. The Morgan fingerprint density at radius 3 is 0.889 bits per heavy atom. The fraction of sp³-hybridized carbons (Fsp3) is 0. The first kappa shape index (κ1) is 21.1. The van der Waals surface area contributed by atoms with Gasteiger partial charge in [0.1, 0.15) is 0 Å². The molecule has 0 spiro atoms. The quantitative estimate of drug-likeness (QED) is 0.386. The second kappa shape index (κ2) is 13.0. The third kappa shape index (κ3) is 7.92. The maximum absolute atomic E-state index is 4.90. The number of nitrogens with zero attached hydrogens (tertiary/aromatic N) is 4. The number of pyridine rings is 4. The van der Waals surface area contributed by atoms with Crippen LogP contribution in [0.4, 0.5) is 0 Å². The van der Waals surface area contributed by atoms with Crippen LogP contribution in [-0.4, -0.2) is 19.9 Å². The molecule has 0 aliphatic rings. The van der Waals surface area contributed by atoms with Gasteiger partial charge in [0.15, 0.2) is 0 Å². The van der Waals surface area contributed by atoms with E-state index < -0.39 is 0 Å². The molecule has 0 N–H and O–H groups in total. The summed E-state index contributed by atoms with van der Waals surface area (Å²) < 4.78 is 0. The van der Waals surface area contributed by atoms with E-state index in [4.69, 9.17) is 9.69 Å². The molecular formula is C20H17Cl2N4Ru+. The van der Waals surface area contributed by atoms with Crippen LogP contribution in [0.15, 0.2) is 97.6 Å². The van der Waals surface area contributed by atoms with Crippen LogP contribution >= 0.6 is 9.69 Å².